The molecule has 1 fully saturated rings. The van der Waals surface area contributed by atoms with Crippen LogP contribution in [0.5, 0.6) is 0 Å². The third kappa shape index (κ3) is 4.23. The molecule has 1 aromatic carbocycles. The molecule has 0 heterocycles. The van der Waals surface area contributed by atoms with Gasteiger partial charge in [-0.15, -0.1) is 0 Å². The monoisotopic (exact) mass is 301 g/mol. The number of benzene rings is 1. The van der Waals surface area contributed by atoms with E-state index < -0.39 is 0 Å². The molecule has 2 rings (SSSR count). The molecule has 22 heavy (non-hydrogen) atoms. The quantitative estimate of drug-likeness (QED) is 0.399. The fourth-order valence-electron chi connectivity index (χ4n) is 3.06. The molecule has 2 atom stereocenters. The van der Waals surface area contributed by atoms with E-state index in [1.807, 2.05) is 0 Å². The van der Waals surface area contributed by atoms with Gasteiger partial charge in [-0.3, -0.25) is 4.79 Å². The van der Waals surface area contributed by atoms with Crippen molar-refractivity contribution in [2.45, 2.75) is 44.2 Å². The van der Waals surface area contributed by atoms with E-state index in [0.29, 0.717) is 17.3 Å². The van der Waals surface area contributed by atoms with E-state index in [0.717, 1.165) is 19.3 Å². The van der Waals surface area contributed by atoms with E-state index in [-0.39, 0.29) is 11.9 Å². The molecule has 1 aromatic rings. The second-order valence-corrected chi connectivity index (χ2v) is 5.99. The lowest BCUT2D eigenvalue weighted by Crippen LogP contribution is -2.48. The maximum atomic E-state index is 12.4. The van der Waals surface area contributed by atoms with Gasteiger partial charge in [0.25, 0.3) is 5.91 Å². The Hall–Kier alpha value is -2.04. The zero-order valence-corrected chi connectivity index (χ0v) is 13.2. The largest absolute Gasteiger partial charge is 0.348 e. The number of rotatable bonds is 4. The topological polar surface area (TPSA) is 81.1 Å². The first-order valence-corrected chi connectivity index (χ1v) is 7.74. The number of likely N-dealkylation sites (N-methyl/N-ethyl adjacent to an activating group) is 1. The number of nitrogens with one attached hydrogen (secondary N) is 1. The van der Waals surface area contributed by atoms with Crippen LogP contribution in [0.1, 0.15) is 42.5 Å². The van der Waals surface area contributed by atoms with E-state index >= 15 is 0 Å². The minimum absolute atomic E-state index is 0.0637. The second kappa shape index (κ2) is 7.82. The zero-order valence-electron chi connectivity index (χ0n) is 13.2. The molecule has 0 radical (unpaired) electrons. The summed E-state index contributed by atoms with van der Waals surface area (Å²) < 4.78 is 0. The molecule has 1 N–H and O–H groups in total. The number of hydrogen-bond donors (Lipinski definition) is 1. The van der Waals surface area contributed by atoms with E-state index in [1.54, 1.807) is 24.3 Å². The fourth-order valence-corrected chi connectivity index (χ4v) is 3.06. The maximum Gasteiger partial charge on any atom is 0.251 e. The average molecular weight is 301 g/mol. The third-order valence-electron chi connectivity index (χ3n) is 4.25. The molecular formula is C16H23N5O. The Morgan fingerprint density at radius 1 is 1.23 bits per heavy atom. The normalized spacial score (nSPS) is 21.8. The molecule has 6 heteroatoms. The molecule has 1 aliphatic rings. The van der Waals surface area contributed by atoms with Crippen molar-refractivity contribution in [3.8, 4) is 0 Å². The Balaban J connectivity index is 2.06. The zero-order chi connectivity index (χ0) is 15.9. The van der Waals surface area contributed by atoms with Crippen LogP contribution >= 0.6 is 0 Å². The molecule has 1 aliphatic carbocycles. The summed E-state index contributed by atoms with van der Waals surface area (Å²) in [5.74, 6) is -0.0637. The van der Waals surface area contributed by atoms with Gasteiger partial charge in [-0.05, 0) is 44.6 Å². The molecule has 0 aromatic heterocycles. The summed E-state index contributed by atoms with van der Waals surface area (Å²) in [5.41, 5.74) is 9.51. The van der Waals surface area contributed by atoms with Gasteiger partial charge in [-0.1, -0.05) is 36.5 Å². The van der Waals surface area contributed by atoms with Crippen LogP contribution in [0.3, 0.4) is 0 Å². The Kier molecular flexibility index (Phi) is 5.81. The lowest BCUT2D eigenvalue weighted by atomic mass is 10.0. The molecule has 0 unspecified atom stereocenters. The van der Waals surface area contributed by atoms with Gasteiger partial charge in [-0.25, -0.2) is 0 Å². The van der Waals surface area contributed by atoms with E-state index in [9.17, 15) is 4.79 Å². The standard InChI is InChI=1S/C16H23N5O/c1-21(2)15-7-5-3-4-6-14(15)18-16(22)12-8-10-13(11-9-12)19-20-17/h8-11,14-15H,3-7H2,1-2H3,(H,18,22)/t14-,15-/m1/s1. The number of hydrogen-bond acceptors (Lipinski definition) is 3. The molecule has 118 valence electrons. The summed E-state index contributed by atoms with van der Waals surface area (Å²) in [5, 5.41) is 6.69. The van der Waals surface area contributed by atoms with Crippen molar-refractivity contribution < 1.29 is 4.79 Å². The maximum absolute atomic E-state index is 12.4. The Morgan fingerprint density at radius 3 is 2.55 bits per heavy atom. The van der Waals surface area contributed by atoms with Crippen LogP contribution in [0, 0.1) is 0 Å². The first-order chi connectivity index (χ1) is 10.6. The molecular weight excluding hydrogens is 278 g/mol. The summed E-state index contributed by atoms with van der Waals surface area (Å²) in [7, 11) is 4.15. The smallest absolute Gasteiger partial charge is 0.251 e. The first-order valence-electron chi connectivity index (χ1n) is 7.74. The summed E-state index contributed by atoms with van der Waals surface area (Å²) in [6, 6.07) is 7.27. The minimum atomic E-state index is -0.0637. The van der Waals surface area contributed by atoms with Gasteiger partial charge in [0, 0.05) is 28.2 Å². The van der Waals surface area contributed by atoms with E-state index in [2.05, 4.69) is 34.3 Å². The van der Waals surface area contributed by atoms with Gasteiger partial charge < -0.3 is 10.2 Å². The average Bonchev–Trinajstić information content (AvgIpc) is 2.74. The van der Waals surface area contributed by atoms with Crippen LogP contribution in [0.4, 0.5) is 5.69 Å². The minimum Gasteiger partial charge on any atom is -0.348 e. The van der Waals surface area contributed by atoms with Gasteiger partial charge in [0.05, 0.1) is 0 Å². The van der Waals surface area contributed by atoms with Crippen molar-refractivity contribution in [2.24, 2.45) is 5.11 Å². The predicted octanol–water partition coefficient (Wildman–Crippen LogP) is 3.62. The Bertz CT molecular complexity index is 548. The van der Waals surface area contributed by atoms with Crippen LogP contribution in [0.2, 0.25) is 0 Å². The number of nitrogens with zero attached hydrogens (tertiary/aromatic N) is 4. The Labute approximate surface area is 131 Å². The Morgan fingerprint density at radius 2 is 1.91 bits per heavy atom. The fraction of sp³-hybridized carbons (Fsp3) is 0.562. The van der Waals surface area contributed by atoms with E-state index in [1.165, 1.54) is 12.8 Å². The van der Waals surface area contributed by atoms with Gasteiger partial charge >= 0.3 is 0 Å². The molecule has 0 saturated heterocycles. The van der Waals surface area contributed by atoms with Crippen molar-refractivity contribution in [2.75, 3.05) is 14.1 Å². The highest BCUT2D eigenvalue weighted by molar-refractivity contribution is 5.94. The van der Waals surface area contributed by atoms with Crippen molar-refractivity contribution in [3.63, 3.8) is 0 Å². The molecule has 1 saturated carbocycles. The van der Waals surface area contributed by atoms with Crippen LogP contribution in [0.25, 0.3) is 10.4 Å². The lowest BCUT2D eigenvalue weighted by molar-refractivity contribution is 0.0905. The van der Waals surface area contributed by atoms with Crippen LogP contribution in [-0.4, -0.2) is 37.0 Å². The molecule has 6 nitrogen and oxygen atoms in total. The molecule has 1 amide bonds. The van der Waals surface area contributed by atoms with Crippen molar-refractivity contribution in [1.82, 2.24) is 10.2 Å². The highest BCUT2D eigenvalue weighted by atomic mass is 16.1. The number of azide groups is 1. The summed E-state index contributed by atoms with van der Waals surface area (Å²) in [6.07, 6.45) is 5.75. The van der Waals surface area contributed by atoms with Crippen molar-refractivity contribution in [1.29, 1.82) is 0 Å². The van der Waals surface area contributed by atoms with Crippen LogP contribution < -0.4 is 5.32 Å². The van der Waals surface area contributed by atoms with Crippen LogP contribution in [-0.2, 0) is 0 Å². The first kappa shape index (κ1) is 16.3. The number of carbonyl (C=O) groups is 1. The second-order valence-electron chi connectivity index (χ2n) is 5.99. The summed E-state index contributed by atoms with van der Waals surface area (Å²) >= 11 is 0. The highest BCUT2D eigenvalue weighted by Gasteiger charge is 2.26. The summed E-state index contributed by atoms with van der Waals surface area (Å²) in [4.78, 5) is 17.4. The number of carbonyl (C=O) groups excluding carboxylic acids is 1. The van der Waals surface area contributed by atoms with Gasteiger partial charge in [-0.2, -0.15) is 0 Å². The third-order valence-corrected chi connectivity index (χ3v) is 4.25. The van der Waals surface area contributed by atoms with Gasteiger partial charge in [0.2, 0.25) is 0 Å². The molecule has 0 spiro atoms. The summed E-state index contributed by atoms with van der Waals surface area (Å²) in [6.45, 7) is 0. The van der Waals surface area contributed by atoms with Gasteiger partial charge in [0.1, 0.15) is 0 Å². The highest BCUT2D eigenvalue weighted by Crippen LogP contribution is 2.22. The lowest BCUT2D eigenvalue weighted by Gasteiger charge is -2.31. The molecule has 0 aliphatic heterocycles. The molecule has 0 bridgehead atoms. The van der Waals surface area contributed by atoms with Gasteiger partial charge in [0.15, 0.2) is 0 Å². The number of amides is 1. The predicted molar refractivity (Wildman–Crippen MR) is 87.1 cm³/mol. The van der Waals surface area contributed by atoms with E-state index in [4.69, 9.17) is 5.53 Å². The van der Waals surface area contributed by atoms with Crippen LogP contribution in [0.15, 0.2) is 29.4 Å². The van der Waals surface area contributed by atoms with Crippen molar-refractivity contribution in [3.05, 3.63) is 40.3 Å². The van der Waals surface area contributed by atoms with Crippen molar-refractivity contribution >= 4 is 11.6 Å². The SMILES string of the molecule is CN(C)[C@@H]1CCCCC[C@H]1NC(=O)c1ccc(N=[N+]=[N-])cc1.